The summed E-state index contributed by atoms with van der Waals surface area (Å²) < 4.78 is 11.0. The molecule has 0 aromatic heterocycles. The van der Waals surface area contributed by atoms with Crippen LogP contribution in [0.1, 0.15) is 27.7 Å². The van der Waals surface area contributed by atoms with Crippen molar-refractivity contribution >= 4 is 0 Å². The number of morpholine rings is 1. The van der Waals surface area contributed by atoms with E-state index in [1.165, 1.54) is 0 Å². The highest BCUT2D eigenvalue weighted by molar-refractivity contribution is 4.85. The number of hydrogen-bond donors (Lipinski definition) is 0. The summed E-state index contributed by atoms with van der Waals surface area (Å²) in [6.07, 6.45) is 0. The zero-order chi connectivity index (χ0) is 10.6. The third-order valence-electron chi connectivity index (χ3n) is 2.60. The van der Waals surface area contributed by atoms with E-state index in [1.807, 2.05) is 6.92 Å². The van der Waals surface area contributed by atoms with Gasteiger partial charge < -0.3 is 9.47 Å². The van der Waals surface area contributed by atoms with E-state index in [1.54, 1.807) is 0 Å². The standard InChI is InChI=1S/C11H23NO2/c1-5-13-8-10-9-14-7-6-12(10)11(2,3)4/h10H,5-9H2,1-4H3. The van der Waals surface area contributed by atoms with Crippen LogP contribution in [0.5, 0.6) is 0 Å². The predicted molar refractivity (Wildman–Crippen MR) is 57.6 cm³/mol. The minimum absolute atomic E-state index is 0.214. The Morgan fingerprint density at radius 3 is 2.71 bits per heavy atom. The molecule has 0 N–H and O–H groups in total. The molecule has 0 radical (unpaired) electrons. The minimum Gasteiger partial charge on any atom is -0.380 e. The van der Waals surface area contributed by atoms with Crippen LogP contribution < -0.4 is 0 Å². The number of nitrogens with zero attached hydrogens (tertiary/aromatic N) is 1. The Morgan fingerprint density at radius 2 is 2.14 bits per heavy atom. The quantitative estimate of drug-likeness (QED) is 0.691. The van der Waals surface area contributed by atoms with Crippen LogP contribution in [0.4, 0.5) is 0 Å². The summed E-state index contributed by atoms with van der Waals surface area (Å²) in [6.45, 7) is 13.0. The van der Waals surface area contributed by atoms with E-state index < -0.39 is 0 Å². The van der Waals surface area contributed by atoms with E-state index in [4.69, 9.17) is 9.47 Å². The summed E-state index contributed by atoms with van der Waals surface area (Å²) in [5, 5.41) is 0. The number of rotatable bonds is 3. The SMILES string of the molecule is CCOCC1COCCN1C(C)(C)C. The van der Waals surface area contributed by atoms with E-state index in [-0.39, 0.29) is 5.54 Å². The van der Waals surface area contributed by atoms with Gasteiger partial charge in [-0.3, -0.25) is 4.90 Å². The Kier molecular flexibility index (Phi) is 4.35. The average Bonchev–Trinajstić information content (AvgIpc) is 2.14. The number of ether oxygens (including phenoxy) is 2. The van der Waals surface area contributed by atoms with E-state index in [0.717, 1.165) is 33.0 Å². The maximum atomic E-state index is 5.48. The molecule has 0 amide bonds. The summed E-state index contributed by atoms with van der Waals surface area (Å²) in [4.78, 5) is 2.48. The molecule has 0 saturated carbocycles. The molecular formula is C11H23NO2. The van der Waals surface area contributed by atoms with Gasteiger partial charge in [-0.25, -0.2) is 0 Å². The van der Waals surface area contributed by atoms with E-state index in [0.29, 0.717) is 6.04 Å². The summed E-state index contributed by atoms with van der Waals surface area (Å²) in [7, 11) is 0. The average molecular weight is 201 g/mol. The van der Waals surface area contributed by atoms with Crippen molar-refractivity contribution in [3.8, 4) is 0 Å². The van der Waals surface area contributed by atoms with Crippen LogP contribution >= 0.6 is 0 Å². The fourth-order valence-corrected chi connectivity index (χ4v) is 1.93. The Bertz CT molecular complexity index is 165. The highest BCUT2D eigenvalue weighted by Crippen LogP contribution is 2.19. The van der Waals surface area contributed by atoms with Crippen molar-refractivity contribution in [3.63, 3.8) is 0 Å². The van der Waals surface area contributed by atoms with Crippen LogP contribution in [0, 0.1) is 0 Å². The second-order valence-electron chi connectivity index (χ2n) is 4.75. The first-order valence-electron chi connectivity index (χ1n) is 5.48. The highest BCUT2D eigenvalue weighted by atomic mass is 16.5. The van der Waals surface area contributed by atoms with Gasteiger partial charge >= 0.3 is 0 Å². The lowest BCUT2D eigenvalue weighted by Gasteiger charge is -2.44. The Morgan fingerprint density at radius 1 is 1.43 bits per heavy atom. The van der Waals surface area contributed by atoms with E-state index in [9.17, 15) is 0 Å². The lowest BCUT2D eigenvalue weighted by Crippen LogP contribution is -2.56. The van der Waals surface area contributed by atoms with Crippen molar-refractivity contribution in [1.29, 1.82) is 0 Å². The molecule has 3 heteroatoms. The molecule has 1 fully saturated rings. The summed E-state index contributed by atoms with van der Waals surface area (Å²) >= 11 is 0. The molecule has 0 bridgehead atoms. The van der Waals surface area contributed by atoms with Crippen LogP contribution in [-0.2, 0) is 9.47 Å². The zero-order valence-electron chi connectivity index (χ0n) is 9.88. The topological polar surface area (TPSA) is 21.7 Å². The maximum absolute atomic E-state index is 5.48. The predicted octanol–water partition coefficient (Wildman–Crippen LogP) is 1.52. The first-order chi connectivity index (χ1) is 6.55. The summed E-state index contributed by atoms with van der Waals surface area (Å²) in [5.41, 5.74) is 0.214. The van der Waals surface area contributed by atoms with Gasteiger partial charge in [0.25, 0.3) is 0 Å². The maximum Gasteiger partial charge on any atom is 0.0645 e. The first-order valence-corrected chi connectivity index (χ1v) is 5.48. The molecule has 0 aliphatic carbocycles. The van der Waals surface area contributed by atoms with E-state index in [2.05, 4.69) is 25.7 Å². The third-order valence-corrected chi connectivity index (χ3v) is 2.60. The first kappa shape index (κ1) is 12.0. The Labute approximate surface area is 87.4 Å². The molecule has 84 valence electrons. The third kappa shape index (κ3) is 3.23. The Hall–Kier alpha value is -0.120. The molecule has 14 heavy (non-hydrogen) atoms. The molecule has 1 unspecified atom stereocenters. The second-order valence-corrected chi connectivity index (χ2v) is 4.75. The lowest BCUT2D eigenvalue weighted by molar-refractivity contribution is -0.0759. The molecular weight excluding hydrogens is 178 g/mol. The van der Waals surface area contributed by atoms with Gasteiger partial charge in [0.1, 0.15) is 0 Å². The molecule has 0 spiro atoms. The monoisotopic (exact) mass is 201 g/mol. The fourth-order valence-electron chi connectivity index (χ4n) is 1.93. The van der Waals surface area contributed by atoms with Crippen molar-refractivity contribution in [2.45, 2.75) is 39.3 Å². The molecule has 1 saturated heterocycles. The van der Waals surface area contributed by atoms with Crippen LogP contribution in [0.25, 0.3) is 0 Å². The van der Waals surface area contributed by atoms with Crippen molar-refractivity contribution in [1.82, 2.24) is 4.90 Å². The molecule has 1 heterocycles. The van der Waals surface area contributed by atoms with Gasteiger partial charge in [0.05, 0.1) is 25.9 Å². The van der Waals surface area contributed by atoms with Crippen molar-refractivity contribution < 1.29 is 9.47 Å². The van der Waals surface area contributed by atoms with Crippen molar-refractivity contribution in [3.05, 3.63) is 0 Å². The molecule has 3 nitrogen and oxygen atoms in total. The molecule has 1 aliphatic heterocycles. The van der Waals surface area contributed by atoms with Gasteiger partial charge in [0.2, 0.25) is 0 Å². The normalized spacial score (nSPS) is 25.3. The highest BCUT2D eigenvalue weighted by Gasteiger charge is 2.31. The Balaban J connectivity index is 2.50. The smallest absolute Gasteiger partial charge is 0.0645 e. The van der Waals surface area contributed by atoms with Crippen LogP contribution in [0.3, 0.4) is 0 Å². The number of hydrogen-bond acceptors (Lipinski definition) is 3. The van der Waals surface area contributed by atoms with Gasteiger partial charge in [-0.2, -0.15) is 0 Å². The van der Waals surface area contributed by atoms with Gasteiger partial charge in [0.15, 0.2) is 0 Å². The molecule has 0 aromatic rings. The fraction of sp³-hybridized carbons (Fsp3) is 1.00. The summed E-state index contributed by atoms with van der Waals surface area (Å²) in [6, 6.07) is 0.420. The van der Waals surface area contributed by atoms with Crippen LogP contribution in [0.2, 0.25) is 0 Å². The van der Waals surface area contributed by atoms with Gasteiger partial charge in [-0.15, -0.1) is 0 Å². The molecule has 0 aromatic carbocycles. The molecule has 1 rings (SSSR count). The second kappa shape index (κ2) is 5.10. The van der Waals surface area contributed by atoms with Gasteiger partial charge in [-0.05, 0) is 27.7 Å². The summed E-state index contributed by atoms with van der Waals surface area (Å²) in [5.74, 6) is 0. The van der Waals surface area contributed by atoms with Crippen LogP contribution in [0.15, 0.2) is 0 Å². The van der Waals surface area contributed by atoms with Crippen molar-refractivity contribution in [2.24, 2.45) is 0 Å². The van der Waals surface area contributed by atoms with Gasteiger partial charge in [-0.1, -0.05) is 0 Å². The van der Waals surface area contributed by atoms with Crippen LogP contribution in [-0.4, -0.2) is 49.5 Å². The van der Waals surface area contributed by atoms with E-state index >= 15 is 0 Å². The molecule has 1 atom stereocenters. The largest absolute Gasteiger partial charge is 0.380 e. The zero-order valence-corrected chi connectivity index (χ0v) is 9.88. The van der Waals surface area contributed by atoms with Crippen molar-refractivity contribution in [2.75, 3.05) is 33.0 Å². The molecule has 1 aliphatic rings. The van der Waals surface area contributed by atoms with Gasteiger partial charge in [0, 0.05) is 18.7 Å². The minimum atomic E-state index is 0.214. The lowest BCUT2D eigenvalue weighted by atomic mass is 10.0.